The number of benzene rings is 1. The van der Waals surface area contributed by atoms with Gasteiger partial charge >= 0.3 is 0 Å². The van der Waals surface area contributed by atoms with Gasteiger partial charge in [0.05, 0.1) is 11.1 Å². The second-order valence-electron chi connectivity index (χ2n) is 7.71. The topological polar surface area (TPSA) is 95.6 Å². The molecule has 3 amide bonds. The van der Waals surface area contributed by atoms with Crippen LogP contribution in [0.25, 0.3) is 0 Å². The Morgan fingerprint density at radius 1 is 1.00 bits per heavy atom. The van der Waals surface area contributed by atoms with Crippen molar-refractivity contribution < 1.29 is 19.2 Å². The number of nitrogens with zero attached hydrogens (tertiary/aromatic N) is 1. The van der Waals surface area contributed by atoms with Crippen LogP contribution in [0, 0.1) is 0 Å². The predicted octanol–water partition coefficient (Wildman–Crippen LogP) is 2.48. The van der Waals surface area contributed by atoms with Gasteiger partial charge in [0.25, 0.3) is 11.8 Å². The summed E-state index contributed by atoms with van der Waals surface area (Å²) >= 11 is 0. The van der Waals surface area contributed by atoms with Crippen molar-refractivity contribution in [2.45, 2.75) is 63.8 Å². The molecule has 0 fully saturated rings. The number of fused-ring (bicyclic) bond motifs is 1. The Balaban J connectivity index is 1.97. The lowest BCUT2D eigenvalue weighted by molar-refractivity contribution is -0.124. The molecule has 0 spiro atoms. The van der Waals surface area contributed by atoms with E-state index in [1.165, 1.54) is 32.7 Å². The molecular weight excluding hydrogens is 382 g/mol. The van der Waals surface area contributed by atoms with E-state index in [4.69, 9.17) is 0 Å². The Morgan fingerprint density at radius 3 is 2.33 bits per heavy atom. The molecule has 0 saturated carbocycles. The Labute approximate surface area is 178 Å². The van der Waals surface area contributed by atoms with E-state index in [1.54, 1.807) is 12.1 Å². The molecule has 1 unspecified atom stereocenters. The summed E-state index contributed by atoms with van der Waals surface area (Å²) in [6, 6.07) is 4.38. The predicted molar refractivity (Wildman–Crippen MR) is 115 cm³/mol. The van der Waals surface area contributed by atoms with Crippen molar-refractivity contribution in [3.63, 3.8) is 0 Å². The number of carbonyl (C=O) groups excluding carboxylic acids is 4. The van der Waals surface area contributed by atoms with Gasteiger partial charge in [0.2, 0.25) is 5.91 Å². The second-order valence-corrected chi connectivity index (χ2v) is 7.71. The highest BCUT2D eigenvalue weighted by Crippen LogP contribution is 2.28. The molecule has 1 aromatic carbocycles. The van der Waals surface area contributed by atoms with Gasteiger partial charge in [0.1, 0.15) is 12.3 Å². The van der Waals surface area contributed by atoms with Gasteiger partial charge in [-0.3, -0.25) is 19.3 Å². The number of imide groups is 1. The largest absolute Gasteiger partial charge is 0.357 e. The molecule has 2 rings (SSSR count). The first kappa shape index (κ1) is 23.7. The minimum Gasteiger partial charge on any atom is -0.357 e. The number of hydrogen-bond acceptors (Lipinski definition) is 5. The molecule has 30 heavy (non-hydrogen) atoms. The summed E-state index contributed by atoms with van der Waals surface area (Å²) in [7, 11) is 3.42. The normalized spacial score (nSPS) is 14.0. The van der Waals surface area contributed by atoms with E-state index >= 15 is 0 Å². The van der Waals surface area contributed by atoms with Gasteiger partial charge in [-0.15, -0.1) is 0 Å². The number of aldehydes is 1. The van der Waals surface area contributed by atoms with Crippen molar-refractivity contribution in [1.82, 2.24) is 15.5 Å². The lowest BCUT2D eigenvalue weighted by atomic mass is 10.0. The number of hydrogen-bond donors (Lipinski definition) is 2. The lowest BCUT2D eigenvalue weighted by Gasteiger charge is -2.24. The third-order valence-corrected chi connectivity index (χ3v) is 5.54. The smallest absolute Gasteiger partial charge is 0.262 e. The fourth-order valence-electron chi connectivity index (χ4n) is 3.85. The van der Waals surface area contributed by atoms with Gasteiger partial charge in [-0.25, -0.2) is 0 Å². The third-order valence-electron chi connectivity index (χ3n) is 5.54. The molecule has 7 heteroatoms. The van der Waals surface area contributed by atoms with Gasteiger partial charge < -0.3 is 15.4 Å². The van der Waals surface area contributed by atoms with E-state index in [0.29, 0.717) is 17.4 Å². The number of likely N-dealkylation sites (N-methyl/N-ethyl adjacent to an activating group) is 1. The molecule has 1 atom stereocenters. The van der Waals surface area contributed by atoms with Crippen molar-refractivity contribution in [3.8, 4) is 0 Å². The number of amides is 3. The Hall–Kier alpha value is -2.54. The average Bonchev–Trinajstić information content (AvgIpc) is 3.00. The average molecular weight is 416 g/mol. The lowest BCUT2D eigenvalue weighted by Crippen LogP contribution is -2.48. The molecule has 0 radical (unpaired) electrons. The molecule has 0 saturated heterocycles. The van der Waals surface area contributed by atoms with Crippen LogP contribution in [-0.4, -0.2) is 55.6 Å². The van der Waals surface area contributed by atoms with Crippen LogP contribution in [0.2, 0.25) is 0 Å². The molecular formula is C23H33N3O4. The third kappa shape index (κ3) is 5.98. The molecule has 0 aromatic heterocycles. The summed E-state index contributed by atoms with van der Waals surface area (Å²) in [4.78, 5) is 49.7. The fraction of sp³-hybridized carbons (Fsp3) is 0.565. The van der Waals surface area contributed by atoms with Gasteiger partial charge in [0, 0.05) is 13.5 Å². The SMILES string of the molecule is CNCCCCCCCCc1ccc2c(c1)C(=O)N(C(CCC=O)C(=O)NC)C2=O. The van der Waals surface area contributed by atoms with Crippen molar-refractivity contribution in [2.75, 3.05) is 20.6 Å². The summed E-state index contributed by atoms with van der Waals surface area (Å²) in [5.74, 6) is -1.37. The van der Waals surface area contributed by atoms with Crippen molar-refractivity contribution in [2.24, 2.45) is 0 Å². The quantitative estimate of drug-likeness (QED) is 0.276. The number of unbranched alkanes of at least 4 members (excludes halogenated alkanes) is 5. The van der Waals surface area contributed by atoms with Crippen molar-refractivity contribution >= 4 is 24.0 Å². The first-order chi connectivity index (χ1) is 14.5. The monoisotopic (exact) mass is 415 g/mol. The first-order valence-electron chi connectivity index (χ1n) is 10.9. The highest BCUT2D eigenvalue weighted by Gasteiger charge is 2.42. The zero-order chi connectivity index (χ0) is 21.9. The number of aryl methyl sites for hydroxylation is 1. The molecule has 1 aliphatic rings. The molecule has 1 aliphatic heterocycles. The number of nitrogens with one attached hydrogen (secondary N) is 2. The maximum atomic E-state index is 12.9. The van der Waals surface area contributed by atoms with Crippen LogP contribution in [0.1, 0.15) is 77.6 Å². The molecule has 2 N–H and O–H groups in total. The summed E-state index contributed by atoms with van der Waals surface area (Å²) in [6.45, 7) is 1.06. The molecule has 1 heterocycles. The van der Waals surface area contributed by atoms with Crippen molar-refractivity contribution in [1.29, 1.82) is 0 Å². The summed E-state index contributed by atoms with van der Waals surface area (Å²) < 4.78 is 0. The maximum Gasteiger partial charge on any atom is 0.262 e. The Bertz CT molecular complexity index is 763. The van der Waals surface area contributed by atoms with Gasteiger partial charge in [-0.05, 0) is 57.0 Å². The van der Waals surface area contributed by atoms with Gasteiger partial charge in [-0.1, -0.05) is 31.7 Å². The molecule has 1 aromatic rings. The molecule has 0 bridgehead atoms. The van der Waals surface area contributed by atoms with Crippen LogP contribution in [-0.2, 0) is 16.0 Å². The zero-order valence-corrected chi connectivity index (χ0v) is 18.0. The standard InChI is InChI=1S/C23H33N3O4/c1-24-14-8-6-4-3-5-7-10-17-12-13-18-19(16-17)23(30)26(22(18)29)20(11-9-15-27)21(28)25-2/h12-13,15-16,20,24H,3-11,14H2,1-2H3,(H,25,28). The molecule has 0 aliphatic carbocycles. The fourth-order valence-corrected chi connectivity index (χ4v) is 3.85. The Kier molecular flexibility index (Phi) is 9.67. The minimum absolute atomic E-state index is 0.103. The minimum atomic E-state index is -0.973. The van der Waals surface area contributed by atoms with E-state index in [2.05, 4.69) is 10.6 Å². The second kappa shape index (κ2) is 12.2. The molecule has 7 nitrogen and oxygen atoms in total. The highest BCUT2D eigenvalue weighted by atomic mass is 16.2. The van der Waals surface area contributed by atoms with Crippen LogP contribution in [0.15, 0.2) is 18.2 Å². The van der Waals surface area contributed by atoms with E-state index in [0.717, 1.165) is 36.3 Å². The summed E-state index contributed by atoms with van der Waals surface area (Å²) in [5.41, 5.74) is 1.70. The van der Waals surface area contributed by atoms with Crippen LogP contribution in [0.5, 0.6) is 0 Å². The van der Waals surface area contributed by atoms with E-state index in [9.17, 15) is 19.2 Å². The van der Waals surface area contributed by atoms with E-state index in [-0.39, 0.29) is 12.8 Å². The van der Waals surface area contributed by atoms with Crippen LogP contribution in [0.3, 0.4) is 0 Å². The first-order valence-corrected chi connectivity index (χ1v) is 10.9. The van der Waals surface area contributed by atoms with E-state index in [1.807, 2.05) is 13.1 Å². The van der Waals surface area contributed by atoms with Gasteiger partial charge in [0.15, 0.2) is 0 Å². The van der Waals surface area contributed by atoms with Crippen LogP contribution in [0.4, 0.5) is 0 Å². The zero-order valence-electron chi connectivity index (χ0n) is 18.0. The van der Waals surface area contributed by atoms with Crippen LogP contribution < -0.4 is 10.6 Å². The molecule has 164 valence electrons. The summed E-state index contributed by atoms with van der Waals surface area (Å²) in [5, 5.41) is 5.64. The number of rotatable bonds is 14. The summed E-state index contributed by atoms with van der Waals surface area (Å²) in [6.07, 6.45) is 8.82. The van der Waals surface area contributed by atoms with Crippen molar-refractivity contribution in [3.05, 3.63) is 34.9 Å². The van der Waals surface area contributed by atoms with Gasteiger partial charge in [-0.2, -0.15) is 0 Å². The highest BCUT2D eigenvalue weighted by molar-refractivity contribution is 6.23. The Morgan fingerprint density at radius 2 is 1.67 bits per heavy atom. The number of carbonyl (C=O) groups is 4. The maximum absolute atomic E-state index is 12.9. The van der Waals surface area contributed by atoms with E-state index < -0.39 is 23.8 Å². The van der Waals surface area contributed by atoms with Crippen LogP contribution >= 0.6 is 0 Å².